The number of rotatable bonds is 2. The molecule has 2 aromatic rings. The maximum atomic E-state index is 11.9. The number of aryl methyl sites for hydroxylation is 1. The monoisotopic (exact) mass is 250 g/mol. The summed E-state index contributed by atoms with van der Waals surface area (Å²) in [5, 5.41) is 9.83. The molecule has 0 aromatic carbocycles. The van der Waals surface area contributed by atoms with Crippen molar-refractivity contribution in [1.82, 2.24) is 15.2 Å². The summed E-state index contributed by atoms with van der Waals surface area (Å²) in [5.74, 6) is 0.185. The first kappa shape index (κ1) is 11.6. The van der Waals surface area contributed by atoms with Crippen LogP contribution in [0.15, 0.2) is 18.5 Å². The molecular formula is C11H11ClN4O. The fourth-order valence-corrected chi connectivity index (χ4v) is 1.52. The van der Waals surface area contributed by atoms with Gasteiger partial charge in [-0.1, -0.05) is 11.6 Å². The number of carbonyl (C=O) groups is 1. The molecule has 0 aliphatic rings. The van der Waals surface area contributed by atoms with Crippen molar-refractivity contribution in [2.24, 2.45) is 0 Å². The second kappa shape index (κ2) is 4.55. The predicted octanol–water partition coefficient (Wildman–Crippen LogP) is 2.33. The Morgan fingerprint density at radius 1 is 1.47 bits per heavy atom. The van der Waals surface area contributed by atoms with E-state index in [1.165, 1.54) is 12.4 Å². The van der Waals surface area contributed by atoms with Crippen LogP contribution in [-0.4, -0.2) is 21.1 Å². The van der Waals surface area contributed by atoms with Gasteiger partial charge in [0.1, 0.15) is 0 Å². The van der Waals surface area contributed by atoms with Crippen LogP contribution < -0.4 is 5.32 Å². The van der Waals surface area contributed by atoms with E-state index in [0.29, 0.717) is 16.4 Å². The van der Waals surface area contributed by atoms with Gasteiger partial charge in [-0.05, 0) is 19.9 Å². The van der Waals surface area contributed by atoms with Gasteiger partial charge in [0.2, 0.25) is 0 Å². The number of pyridine rings is 1. The molecule has 0 atom stereocenters. The SMILES string of the molecule is Cc1[nH]nc(NC(=O)c2cnccc2Cl)c1C. The topological polar surface area (TPSA) is 70.7 Å². The van der Waals surface area contributed by atoms with Crippen molar-refractivity contribution in [3.63, 3.8) is 0 Å². The maximum absolute atomic E-state index is 11.9. The smallest absolute Gasteiger partial charge is 0.259 e. The standard InChI is InChI=1S/C11H11ClN4O/c1-6-7(2)15-16-10(6)14-11(17)8-5-13-4-3-9(8)12/h3-5H,1-2H3,(H2,14,15,16,17). The number of nitrogens with zero attached hydrogens (tertiary/aromatic N) is 2. The van der Waals surface area contributed by atoms with E-state index < -0.39 is 0 Å². The lowest BCUT2D eigenvalue weighted by molar-refractivity contribution is 0.102. The van der Waals surface area contributed by atoms with Gasteiger partial charge in [0, 0.05) is 23.7 Å². The molecule has 0 radical (unpaired) electrons. The van der Waals surface area contributed by atoms with Gasteiger partial charge in [-0.15, -0.1) is 0 Å². The Morgan fingerprint density at radius 2 is 2.24 bits per heavy atom. The van der Waals surface area contributed by atoms with Gasteiger partial charge in [-0.3, -0.25) is 14.9 Å². The van der Waals surface area contributed by atoms with Crippen LogP contribution in [0.1, 0.15) is 21.6 Å². The normalized spacial score (nSPS) is 10.3. The Morgan fingerprint density at radius 3 is 2.82 bits per heavy atom. The molecule has 5 nitrogen and oxygen atoms in total. The molecule has 0 saturated heterocycles. The summed E-state index contributed by atoms with van der Waals surface area (Å²) in [6.45, 7) is 3.76. The maximum Gasteiger partial charge on any atom is 0.259 e. The highest BCUT2D eigenvalue weighted by Crippen LogP contribution is 2.18. The minimum absolute atomic E-state index is 0.322. The Kier molecular flexibility index (Phi) is 3.10. The van der Waals surface area contributed by atoms with E-state index in [-0.39, 0.29) is 5.91 Å². The van der Waals surface area contributed by atoms with Crippen LogP contribution in [0.3, 0.4) is 0 Å². The third-order valence-corrected chi connectivity index (χ3v) is 2.83. The van der Waals surface area contributed by atoms with Gasteiger partial charge in [0.15, 0.2) is 5.82 Å². The number of aromatic nitrogens is 3. The van der Waals surface area contributed by atoms with E-state index in [4.69, 9.17) is 11.6 Å². The number of aromatic amines is 1. The largest absolute Gasteiger partial charge is 0.305 e. The average molecular weight is 251 g/mol. The van der Waals surface area contributed by atoms with E-state index >= 15 is 0 Å². The summed E-state index contributed by atoms with van der Waals surface area (Å²) in [6.07, 6.45) is 2.95. The van der Waals surface area contributed by atoms with Gasteiger partial charge in [0.05, 0.1) is 10.6 Å². The van der Waals surface area contributed by atoms with E-state index in [1.54, 1.807) is 6.07 Å². The van der Waals surface area contributed by atoms with Crippen LogP contribution in [0.2, 0.25) is 5.02 Å². The lowest BCUT2D eigenvalue weighted by atomic mass is 10.2. The lowest BCUT2D eigenvalue weighted by Crippen LogP contribution is -2.13. The second-order valence-electron chi connectivity index (χ2n) is 3.63. The molecule has 88 valence electrons. The van der Waals surface area contributed by atoms with Gasteiger partial charge in [-0.2, -0.15) is 5.10 Å². The molecule has 6 heteroatoms. The van der Waals surface area contributed by atoms with Gasteiger partial charge in [-0.25, -0.2) is 0 Å². The molecule has 0 spiro atoms. The third-order valence-electron chi connectivity index (χ3n) is 2.50. The van der Waals surface area contributed by atoms with E-state index in [0.717, 1.165) is 11.3 Å². The van der Waals surface area contributed by atoms with Gasteiger partial charge >= 0.3 is 0 Å². The van der Waals surface area contributed by atoms with Crippen molar-refractivity contribution in [2.75, 3.05) is 5.32 Å². The fourth-order valence-electron chi connectivity index (χ4n) is 1.33. The van der Waals surface area contributed by atoms with Crippen molar-refractivity contribution in [2.45, 2.75) is 13.8 Å². The van der Waals surface area contributed by atoms with Gasteiger partial charge < -0.3 is 5.32 Å². The summed E-state index contributed by atoms with van der Waals surface area (Å²) in [6, 6.07) is 1.57. The van der Waals surface area contributed by atoms with Crippen LogP contribution in [0.25, 0.3) is 0 Å². The molecule has 2 N–H and O–H groups in total. The highest BCUT2D eigenvalue weighted by atomic mass is 35.5. The predicted molar refractivity (Wildman–Crippen MR) is 65.3 cm³/mol. The summed E-state index contributed by atoms with van der Waals surface area (Å²) in [5.41, 5.74) is 2.14. The van der Waals surface area contributed by atoms with Crippen molar-refractivity contribution in [3.05, 3.63) is 40.3 Å². The van der Waals surface area contributed by atoms with E-state index in [2.05, 4.69) is 20.5 Å². The van der Waals surface area contributed by atoms with E-state index in [1.807, 2.05) is 13.8 Å². The van der Waals surface area contributed by atoms with Crippen molar-refractivity contribution in [3.8, 4) is 0 Å². The molecule has 0 bridgehead atoms. The second-order valence-corrected chi connectivity index (χ2v) is 4.04. The number of amides is 1. The third kappa shape index (κ3) is 2.29. The zero-order valence-electron chi connectivity index (χ0n) is 9.41. The molecule has 1 amide bonds. The van der Waals surface area contributed by atoms with Crippen molar-refractivity contribution in [1.29, 1.82) is 0 Å². The van der Waals surface area contributed by atoms with Crippen molar-refractivity contribution >= 4 is 23.3 Å². The summed E-state index contributed by atoms with van der Waals surface area (Å²) >= 11 is 5.90. The minimum atomic E-state index is -0.322. The highest BCUT2D eigenvalue weighted by Gasteiger charge is 2.13. The number of hydrogen-bond acceptors (Lipinski definition) is 3. The number of nitrogens with one attached hydrogen (secondary N) is 2. The number of anilines is 1. The van der Waals surface area contributed by atoms with E-state index in [9.17, 15) is 4.79 Å². The van der Waals surface area contributed by atoms with Crippen molar-refractivity contribution < 1.29 is 4.79 Å². The quantitative estimate of drug-likeness (QED) is 0.859. The molecule has 0 aliphatic carbocycles. The van der Waals surface area contributed by atoms with Gasteiger partial charge in [0.25, 0.3) is 5.91 Å². The molecule has 0 saturated carbocycles. The Balaban J connectivity index is 2.23. The first-order valence-electron chi connectivity index (χ1n) is 5.02. The molecule has 0 aliphatic heterocycles. The van der Waals surface area contributed by atoms with Crippen LogP contribution in [-0.2, 0) is 0 Å². The molecule has 2 aromatic heterocycles. The molecule has 2 rings (SSSR count). The summed E-state index contributed by atoms with van der Waals surface area (Å²) in [4.78, 5) is 15.8. The molecule has 17 heavy (non-hydrogen) atoms. The molecular weight excluding hydrogens is 240 g/mol. The number of H-pyrrole nitrogens is 1. The lowest BCUT2D eigenvalue weighted by Gasteiger charge is -2.04. The Labute approximate surface area is 103 Å². The molecule has 0 fully saturated rings. The summed E-state index contributed by atoms with van der Waals surface area (Å²) in [7, 11) is 0. The van der Waals surface area contributed by atoms with Crippen LogP contribution in [0, 0.1) is 13.8 Å². The first-order valence-corrected chi connectivity index (χ1v) is 5.40. The zero-order valence-corrected chi connectivity index (χ0v) is 10.2. The number of hydrogen-bond donors (Lipinski definition) is 2. The zero-order chi connectivity index (χ0) is 12.4. The highest BCUT2D eigenvalue weighted by molar-refractivity contribution is 6.34. The Hall–Kier alpha value is -1.88. The van der Waals surface area contributed by atoms with Crippen LogP contribution >= 0.6 is 11.6 Å². The average Bonchev–Trinajstić information content (AvgIpc) is 2.61. The molecule has 0 unspecified atom stereocenters. The Bertz CT molecular complexity index is 564. The first-order chi connectivity index (χ1) is 8.09. The van der Waals surface area contributed by atoms with Crippen LogP contribution in [0.4, 0.5) is 5.82 Å². The van der Waals surface area contributed by atoms with Crippen LogP contribution in [0.5, 0.6) is 0 Å². The number of carbonyl (C=O) groups excluding carboxylic acids is 1. The summed E-state index contributed by atoms with van der Waals surface area (Å²) < 4.78 is 0. The minimum Gasteiger partial charge on any atom is -0.305 e. The number of halogens is 1. The molecule has 2 heterocycles. The fraction of sp³-hybridized carbons (Fsp3) is 0.182.